The molecule has 100 valence electrons. The molecule has 0 aliphatic heterocycles. The van der Waals surface area contributed by atoms with Gasteiger partial charge in [-0.25, -0.2) is 4.39 Å². The first-order chi connectivity index (χ1) is 8.52. The van der Waals surface area contributed by atoms with Crippen LogP contribution in [0, 0.1) is 5.82 Å². The Morgan fingerprint density at radius 3 is 2.94 bits per heavy atom. The van der Waals surface area contributed by atoms with Gasteiger partial charge in [0.25, 0.3) is 0 Å². The number of rotatable bonds is 6. The number of anilines is 1. The molecule has 0 fully saturated rings. The fourth-order valence-corrected chi connectivity index (χ4v) is 1.81. The Labute approximate surface area is 114 Å². The molecule has 0 aromatic heterocycles. The third kappa shape index (κ3) is 5.01. The summed E-state index contributed by atoms with van der Waals surface area (Å²) < 4.78 is 18.6. The smallest absolute Gasteiger partial charge is 0.239 e. The summed E-state index contributed by atoms with van der Waals surface area (Å²) in [5.41, 5.74) is 0.546. The van der Waals surface area contributed by atoms with Crippen molar-refractivity contribution < 1.29 is 13.9 Å². The number of halogens is 2. The van der Waals surface area contributed by atoms with Crippen LogP contribution in [0.1, 0.15) is 6.92 Å². The van der Waals surface area contributed by atoms with Gasteiger partial charge >= 0.3 is 0 Å². The molecule has 1 unspecified atom stereocenters. The van der Waals surface area contributed by atoms with E-state index in [1.165, 1.54) is 12.1 Å². The maximum atomic E-state index is 13.0. The summed E-state index contributed by atoms with van der Waals surface area (Å²) in [5, 5.41) is 5.61. The molecule has 0 radical (unpaired) electrons. The van der Waals surface area contributed by atoms with Crippen LogP contribution < -0.4 is 10.6 Å². The second-order valence-electron chi connectivity index (χ2n) is 3.90. The monoisotopic (exact) mass is 318 g/mol. The predicted molar refractivity (Wildman–Crippen MR) is 72.1 cm³/mol. The number of hydrogen-bond donors (Lipinski definition) is 2. The van der Waals surface area contributed by atoms with Crippen molar-refractivity contribution in [3.05, 3.63) is 28.5 Å². The molecule has 0 aliphatic rings. The standard InChI is InChI=1S/C12H16BrFN2O2/c1-8(7-18-2)16-12(17)6-15-11-5-9(14)3-4-10(11)13/h3-5,8,15H,6-7H2,1-2H3,(H,16,17). The maximum absolute atomic E-state index is 13.0. The van der Waals surface area contributed by atoms with Crippen molar-refractivity contribution >= 4 is 27.5 Å². The average Bonchev–Trinajstić information content (AvgIpc) is 2.30. The molecular formula is C12H16BrFN2O2. The molecule has 0 bridgehead atoms. The predicted octanol–water partition coefficient (Wildman–Crippen LogP) is 2.15. The highest BCUT2D eigenvalue weighted by Crippen LogP contribution is 2.22. The van der Waals surface area contributed by atoms with Crippen molar-refractivity contribution in [2.75, 3.05) is 25.6 Å². The van der Waals surface area contributed by atoms with E-state index in [2.05, 4.69) is 26.6 Å². The zero-order valence-corrected chi connectivity index (χ0v) is 11.9. The highest BCUT2D eigenvalue weighted by atomic mass is 79.9. The number of ether oxygens (including phenoxy) is 1. The minimum atomic E-state index is -0.353. The zero-order chi connectivity index (χ0) is 13.5. The second kappa shape index (κ2) is 7.33. The van der Waals surface area contributed by atoms with Crippen LogP contribution in [-0.2, 0) is 9.53 Å². The van der Waals surface area contributed by atoms with Gasteiger partial charge in [-0.15, -0.1) is 0 Å². The number of amides is 1. The lowest BCUT2D eigenvalue weighted by Crippen LogP contribution is -2.39. The van der Waals surface area contributed by atoms with E-state index in [0.717, 1.165) is 0 Å². The van der Waals surface area contributed by atoms with Crippen molar-refractivity contribution in [3.8, 4) is 0 Å². The Hall–Kier alpha value is -1.14. The van der Waals surface area contributed by atoms with Gasteiger partial charge in [-0.05, 0) is 41.1 Å². The minimum Gasteiger partial charge on any atom is -0.383 e. The molecule has 1 amide bonds. The Balaban J connectivity index is 2.45. The molecule has 0 heterocycles. The summed E-state index contributed by atoms with van der Waals surface area (Å²) in [4.78, 5) is 11.6. The van der Waals surface area contributed by atoms with Gasteiger partial charge < -0.3 is 15.4 Å². The number of hydrogen-bond acceptors (Lipinski definition) is 3. The highest BCUT2D eigenvalue weighted by Gasteiger charge is 2.08. The molecule has 2 N–H and O–H groups in total. The number of benzene rings is 1. The van der Waals surface area contributed by atoms with Gasteiger partial charge in [0.1, 0.15) is 5.82 Å². The van der Waals surface area contributed by atoms with Gasteiger partial charge in [0.05, 0.1) is 18.8 Å². The lowest BCUT2D eigenvalue weighted by molar-refractivity contribution is -0.120. The fourth-order valence-electron chi connectivity index (χ4n) is 1.43. The molecule has 1 rings (SSSR count). The van der Waals surface area contributed by atoms with Crippen LogP contribution >= 0.6 is 15.9 Å². The van der Waals surface area contributed by atoms with Crippen molar-refractivity contribution in [2.24, 2.45) is 0 Å². The Morgan fingerprint density at radius 2 is 2.28 bits per heavy atom. The first kappa shape index (κ1) is 14.9. The normalized spacial score (nSPS) is 12.0. The molecule has 0 saturated heterocycles. The van der Waals surface area contributed by atoms with E-state index in [4.69, 9.17) is 4.74 Å². The van der Waals surface area contributed by atoms with E-state index in [0.29, 0.717) is 16.8 Å². The summed E-state index contributed by atoms with van der Waals surface area (Å²) in [6, 6.07) is 4.20. The molecule has 0 spiro atoms. The van der Waals surface area contributed by atoms with Crippen LogP contribution in [0.25, 0.3) is 0 Å². The minimum absolute atomic E-state index is 0.0553. The van der Waals surface area contributed by atoms with E-state index in [9.17, 15) is 9.18 Å². The average molecular weight is 319 g/mol. The Morgan fingerprint density at radius 1 is 1.56 bits per heavy atom. The number of carbonyl (C=O) groups is 1. The fraction of sp³-hybridized carbons (Fsp3) is 0.417. The zero-order valence-electron chi connectivity index (χ0n) is 10.3. The molecular weight excluding hydrogens is 303 g/mol. The lowest BCUT2D eigenvalue weighted by Gasteiger charge is -2.14. The molecule has 1 aromatic rings. The summed E-state index contributed by atoms with van der Waals surface area (Å²) in [6.45, 7) is 2.38. The topological polar surface area (TPSA) is 50.4 Å². The van der Waals surface area contributed by atoms with Gasteiger partial charge in [0, 0.05) is 17.6 Å². The molecule has 0 saturated carbocycles. The van der Waals surface area contributed by atoms with Gasteiger partial charge in [-0.2, -0.15) is 0 Å². The van der Waals surface area contributed by atoms with Crippen molar-refractivity contribution in [2.45, 2.75) is 13.0 Å². The molecule has 6 heteroatoms. The number of carbonyl (C=O) groups excluding carboxylic acids is 1. The van der Waals surface area contributed by atoms with Crippen molar-refractivity contribution in [3.63, 3.8) is 0 Å². The van der Waals surface area contributed by atoms with E-state index in [-0.39, 0.29) is 24.3 Å². The van der Waals surface area contributed by atoms with E-state index >= 15 is 0 Å². The summed E-state index contributed by atoms with van der Waals surface area (Å²) in [5.74, 6) is -0.524. The van der Waals surface area contributed by atoms with E-state index in [1.807, 2.05) is 6.92 Å². The summed E-state index contributed by atoms with van der Waals surface area (Å²) in [7, 11) is 1.57. The molecule has 1 atom stereocenters. The highest BCUT2D eigenvalue weighted by molar-refractivity contribution is 9.10. The van der Waals surface area contributed by atoms with E-state index in [1.54, 1.807) is 13.2 Å². The number of methoxy groups -OCH3 is 1. The van der Waals surface area contributed by atoms with E-state index < -0.39 is 0 Å². The first-order valence-electron chi connectivity index (χ1n) is 5.50. The van der Waals surface area contributed by atoms with Gasteiger partial charge in [-0.3, -0.25) is 4.79 Å². The SMILES string of the molecule is COCC(C)NC(=O)CNc1cc(F)ccc1Br. The van der Waals surface area contributed by atoms with Crippen LogP contribution in [0.4, 0.5) is 10.1 Å². The Bertz CT molecular complexity index is 415. The maximum Gasteiger partial charge on any atom is 0.239 e. The molecule has 0 aliphatic carbocycles. The molecule has 1 aromatic carbocycles. The van der Waals surface area contributed by atoms with Crippen LogP contribution in [-0.4, -0.2) is 32.2 Å². The quantitative estimate of drug-likeness (QED) is 0.845. The lowest BCUT2D eigenvalue weighted by atomic mass is 10.3. The Kier molecular flexibility index (Phi) is 6.07. The van der Waals surface area contributed by atoms with Crippen molar-refractivity contribution in [1.29, 1.82) is 0 Å². The largest absolute Gasteiger partial charge is 0.383 e. The van der Waals surface area contributed by atoms with Crippen LogP contribution in [0.15, 0.2) is 22.7 Å². The van der Waals surface area contributed by atoms with Crippen LogP contribution in [0.2, 0.25) is 0 Å². The second-order valence-corrected chi connectivity index (χ2v) is 4.76. The van der Waals surface area contributed by atoms with Gasteiger partial charge in [-0.1, -0.05) is 0 Å². The van der Waals surface area contributed by atoms with Crippen LogP contribution in [0.5, 0.6) is 0 Å². The van der Waals surface area contributed by atoms with Gasteiger partial charge in [0.2, 0.25) is 5.91 Å². The van der Waals surface area contributed by atoms with Crippen molar-refractivity contribution in [1.82, 2.24) is 5.32 Å². The first-order valence-corrected chi connectivity index (χ1v) is 6.29. The van der Waals surface area contributed by atoms with Crippen LogP contribution in [0.3, 0.4) is 0 Å². The molecule has 4 nitrogen and oxygen atoms in total. The summed E-state index contributed by atoms with van der Waals surface area (Å²) in [6.07, 6.45) is 0. The molecule has 18 heavy (non-hydrogen) atoms. The third-order valence-corrected chi connectivity index (χ3v) is 2.88. The summed E-state index contributed by atoms with van der Waals surface area (Å²) >= 11 is 3.28. The number of nitrogens with one attached hydrogen (secondary N) is 2. The third-order valence-electron chi connectivity index (χ3n) is 2.19. The van der Waals surface area contributed by atoms with Gasteiger partial charge in [0.15, 0.2) is 0 Å².